The Morgan fingerprint density at radius 2 is 2.19 bits per heavy atom. The fourth-order valence-corrected chi connectivity index (χ4v) is 2.90. The first-order chi connectivity index (χ1) is 9.83. The van der Waals surface area contributed by atoms with Crippen molar-refractivity contribution in [2.24, 2.45) is 0 Å². The third-order valence-corrected chi connectivity index (χ3v) is 3.99. The van der Waals surface area contributed by atoms with Crippen LogP contribution >= 0.6 is 12.4 Å². The van der Waals surface area contributed by atoms with Gasteiger partial charge in [0.2, 0.25) is 5.91 Å². The number of benzene rings is 1. The van der Waals surface area contributed by atoms with E-state index in [9.17, 15) is 4.79 Å². The summed E-state index contributed by atoms with van der Waals surface area (Å²) >= 11 is 0. The van der Waals surface area contributed by atoms with E-state index in [4.69, 9.17) is 0 Å². The lowest BCUT2D eigenvalue weighted by Crippen LogP contribution is -2.32. The van der Waals surface area contributed by atoms with Crippen LogP contribution in [0.2, 0.25) is 0 Å². The van der Waals surface area contributed by atoms with Crippen LogP contribution in [0.15, 0.2) is 30.5 Å². The average Bonchev–Trinajstić information content (AvgIpc) is 3.09. The molecule has 4 nitrogen and oxygen atoms in total. The van der Waals surface area contributed by atoms with Gasteiger partial charge in [-0.3, -0.25) is 4.79 Å². The Hall–Kier alpha value is -1.52. The van der Waals surface area contributed by atoms with Crippen molar-refractivity contribution >= 4 is 29.2 Å². The average molecular weight is 308 g/mol. The molecular weight excluding hydrogens is 286 g/mol. The van der Waals surface area contributed by atoms with Gasteiger partial charge >= 0.3 is 0 Å². The number of H-pyrrole nitrogens is 1. The number of aromatic nitrogens is 1. The van der Waals surface area contributed by atoms with Crippen molar-refractivity contribution in [3.05, 3.63) is 36.0 Å². The van der Waals surface area contributed by atoms with Crippen molar-refractivity contribution in [2.75, 3.05) is 13.1 Å². The van der Waals surface area contributed by atoms with E-state index in [0.717, 1.165) is 24.9 Å². The number of fused-ring (bicyclic) bond motifs is 1. The maximum atomic E-state index is 11.8. The Kier molecular flexibility index (Phi) is 5.65. The third-order valence-electron chi connectivity index (χ3n) is 3.99. The predicted octanol–water partition coefficient (Wildman–Crippen LogP) is 2.39. The lowest BCUT2D eigenvalue weighted by Gasteiger charge is -2.10. The third kappa shape index (κ3) is 3.99. The van der Waals surface area contributed by atoms with Crippen LogP contribution in [0, 0.1) is 0 Å². The van der Waals surface area contributed by atoms with E-state index < -0.39 is 0 Å². The van der Waals surface area contributed by atoms with Crippen LogP contribution in [-0.2, 0) is 11.2 Å². The molecule has 2 heterocycles. The van der Waals surface area contributed by atoms with E-state index in [0.29, 0.717) is 19.0 Å². The second kappa shape index (κ2) is 7.48. The number of carbonyl (C=O) groups is 1. The molecule has 3 rings (SSSR count). The molecule has 1 aromatic carbocycles. The second-order valence-corrected chi connectivity index (χ2v) is 5.46. The van der Waals surface area contributed by atoms with Gasteiger partial charge in [-0.15, -0.1) is 12.4 Å². The summed E-state index contributed by atoms with van der Waals surface area (Å²) in [5.41, 5.74) is 2.42. The molecule has 1 aliphatic rings. The number of para-hydroxylation sites is 1. The van der Waals surface area contributed by atoms with Crippen LogP contribution in [0.5, 0.6) is 0 Å². The summed E-state index contributed by atoms with van der Waals surface area (Å²) in [5.74, 6) is 0.157. The highest BCUT2D eigenvalue weighted by Gasteiger charge is 2.17. The first-order valence-electron chi connectivity index (χ1n) is 7.38. The summed E-state index contributed by atoms with van der Waals surface area (Å²) in [6.07, 6.45) is 5.82. The van der Waals surface area contributed by atoms with Crippen molar-refractivity contribution in [3.8, 4) is 0 Å². The highest BCUT2D eigenvalue weighted by Crippen LogP contribution is 2.17. The summed E-state index contributed by atoms with van der Waals surface area (Å²) in [7, 11) is 0. The molecule has 1 aliphatic heterocycles. The topological polar surface area (TPSA) is 56.9 Å². The molecule has 1 amide bonds. The summed E-state index contributed by atoms with van der Waals surface area (Å²) < 4.78 is 0. The molecule has 1 atom stereocenters. The van der Waals surface area contributed by atoms with E-state index in [-0.39, 0.29) is 18.3 Å². The van der Waals surface area contributed by atoms with Crippen molar-refractivity contribution in [1.82, 2.24) is 15.6 Å². The molecule has 0 spiro atoms. The van der Waals surface area contributed by atoms with Crippen molar-refractivity contribution < 1.29 is 4.79 Å². The summed E-state index contributed by atoms with van der Waals surface area (Å²) in [6.45, 7) is 1.75. The molecule has 2 aromatic rings. The van der Waals surface area contributed by atoms with Crippen LogP contribution in [0.1, 0.15) is 24.8 Å². The molecule has 0 saturated carbocycles. The Labute approximate surface area is 131 Å². The molecule has 0 bridgehead atoms. The minimum Gasteiger partial charge on any atom is -0.361 e. The van der Waals surface area contributed by atoms with Gasteiger partial charge in [-0.1, -0.05) is 18.2 Å². The molecule has 0 aliphatic carbocycles. The zero-order chi connectivity index (χ0) is 13.8. The number of hydrogen-bond donors (Lipinski definition) is 3. The van der Waals surface area contributed by atoms with Crippen LogP contribution in [0.3, 0.4) is 0 Å². The van der Waals surface area contributed by atoms with Crippen LogP contribution in [0.25, 0.3) is 10.9 Å². The molecule has 0 radical (unpaired) electrons. The minimum atomic E-state index is 0. The molecule has 114 valence electrons. The van der Waals surface area contributed by atoms with E-state index >= 15 is 0 Å². The Morgan fingerprint density at radius 1 is 1.33 bits per heavy atom. The number of amides is 1. The molecule has 1 fully saturated rings. The standard InChI is InChI=1S/C16H21N3O.ClH/c20-16(10-13-4-3-8-17-13)18-9-7-12-11-19-15-6-2-1-5-14(12)15;/h1-2,5-6,11,13,17,19H,3-4,7-10H2,(H,18,20);1H. The normalized spacial score (nSPS) is 17.6. The lowest BCUT2D eigenvalue weighted by atomic mass is 10.1. The maximum absolute atomic E-state index is 11.8. The largest absolute Gasteiger partial charge is 0.361 e. The van der Waals surface area contributed by atoms with E-state index in [1.54, 1.807) is 0 Å². The van der Waals surface area contributed by atoms with Gasteiger partial charge in [-0.25, -0.2) is 0 Å². The molecule has 1 saturated heterocycles. The zero-order valence-corrected chi connectivity index (χ0v) is 12.8. The van der Waals surface area contributed by atoms with Crippen molar-refractivity contribution in [3.63, 3.8) is 0 Å². The first-order valence-corrected chi connectivity index (χ1v) is 7.38. The Bertz CT molecular complexity index is 590. The van der Waals surface area contributed by atoms with Gasteiger partial charge in [0.25, 0.3) is 0 Å². The quantitative estimate of drug-likeness (QED) is 0.794. The van der Waals surface area contributed by atoms with E-state index in [1.807, 2.05) is 18.3 Å². The minimum absolute atomic E-state index is 0. The van der Waals surface area contributed by atoms with Gasteiger partial charge in [0, 0.05) is 36.1 Å². The molecule has 21 heavy (non-hydrogen) atoms. The molecule has 1 unspecified atom stereocenters. The Balaban J connectivity index is 0.00000161. The molecule has 5 heteroatoms. The summed E-state index contributed by atoms with van der Waals surface area (Å²) in [4.78, 5) is 15.1. The van der Waals surface area contributed by atoms with Crippen molar-refractivity contribution in [1.29, 1.82) is 0 Å². The smallest absolute Gasteiger partial charge is 0.221 e. The zero-order valence-electron chi connectivity index (χ0n) is 12.0. The SMILES string of the molecule is Cl.O=C(CC1CCCN1)NCCc1c[nH]c2ccccc12. The first kappa shape index (κ1) is 15.9. The number of aromatic amines is 1. The van der Waals surface area contributed by atoms with Crippen LogP contribution in [-0.4, -0.2) is 30.0 Å². The van der Waals surface area contributed by atoms with Gasteiger partial charge < -0.3 is 15.6 Å². The number of carbonyl (C=O) groups excluding carboxylic acids is 1. The fraction of sp³-hybridized carbons (Fsp3) is 0.438. The molecular formula is C16H22ClN3O. The van der Waals surface area contributed by atoms with E-state index in [1.165, 1.54) is 17.4 Å². The highest BCUT2D eigenvalue weighted by atomic mass is 35.5. The molecule has 1 aromatic heterocycles. The Morgan fingerprint density at radius 3 is 3.00 bits per heavy atom. The second-order valence-electron chi connectivity index (χ2n) is 5.46. The van der Waals surface area contributed by atoms with Gasteiger partial charge in [0.15, 0.2) is 0 Å². The number of hydrogen-bond acceptors (Lipinski definition) is 2. The number of nitrogens with one attached hydrogen (secondary N) is 3. The van der Waals surface area contributed by atoms with Crippen LogP contribution < -0.4 is 10.6 Å². The number of rotatable bonds is 5. The van der Waals surface area contributed by atoms with Gasteiger partial charge in [0.1, 0.15) is 0 Å². The van der Waals surface area contributed by atoms with Gasteiger partial charge in [0.05, 0.1) is 0 Å². The molecule has 3 N–H and O–H groups in total. The lowest BCUT2D eigenvalue weighted by molar-refractivity contribution is -0.121. The van der Waals surface area contributed by atoms with Gasteiger partial charge in [-0.05, 0) is 37.4 Å². The van der Waals surface area contributed by atoms with Gasteiger partial charge in [-0.2, -0.15) is 0 Å². The van der Waals surface area contributed by atoms with Crippen molar-refractivity contribution in [2.45, 2.75) is 31.7 Å². The summed E-state index contributed by atoms with van der Waals surface area (Å²) in [6, 6.07) is 8.64. The fourth-order valence-electron chi connectivity index (χ4n) is 2.90. The number of halogens is 1. The summed E-state index contributed by atoms with van der Waals surface area (Å²) in [5, 5.41) is 7.62. The monoisotopic (exact) mass is 307 g/mol. The predicted molar refractivity (Wildman–Crippen MR) is 87.9 cm³/mol. The van der Waals surface area contributed by atoms with Crippen LogP contribution in [0.4, 0.5) is 0 Å². The highest BCUT2D eigenvalue weighted by molar-refractivity contribution is 5.85. The maximum Gasteiger partial charge on any atom is 0.221 e. The van der Waals surface area contributed by atoms with E-state index in [2.05, 4.69) is 27.8 Å².